The van der Waals surface area contributed by atoms with Gasteiger partial charge >= 0.3 is 11.9 Å². The van der Waals surface area contributed by atoms with Gasteiger partial charge in [0.2, 0.25) is 0 Å². The summed E-state index contributed by atoms with van der Waals surface area (Å²) in [5.41, 5.74) is 0. The molecule has 128 valence electrons. The number of hydrogen-bond donors (Lipinski definition) is 2. The van der Waals surface area contributed by atoms with Crippen LogP contribution in [0.3, 0.4) is 0 Å². The molecule has 0 aromatic carbocycles. The molecule has 0 aromatic heterocycles. The molecular formula is C16H30N2O4. The van der Waals surface area contributed by atoms with Crippen molar-refractivity contribution in [1.29, 1.82) is 0 Å². The number of hydrogen-bond acceptors (Lipinski definition) is 5. The van der Waals surface area contributed by atoms with Gasteiger partial charge in [-0.3, -0.25) is 9.59 Å². The van der Waals surface area contributed by atoms with Gasteiger partial charge in [0.1, 0.15) is 12.1 Å². The minimum atomic E-state index is -0.996. The zero-order valence-electron chi connectivity index (χ0n) is 13.8. The van der Waals surface area contributed by atoms with Crippen molar-refractivity contribution in [2.45, 2.75) is 64.0 Å². The van der Waals surface area contributed by atoms with Crippen LogP contribution in [0.5, 0.6) is 0 Å². The summed E-state index contributed by atoms with van der Waals surface area (Å²) in [6, 6.07) is -0.858. The van der Waals surface area contributed by atoms with Gasteiger partial charge in [-0.2, -0.15) is 0 Å². The lowest BCUT2D eigenvalue weighted by atomic mass is 9.98. The lowest BCUT2D eigenvalue weighted by Gasteiger charge is -2.23. The van der Waals surface area contributed by atoms with E-state index < -0.39 is 18.0 Å². The fraction of sp³-hybridized carbons (Fsp3) is 0.875. The van der Waals surface area contributed by atoms with Crippen LogP contribution in [0, 0.1) is 0 Å². The Bertz CT molecular complexity index is 343. The molecule has 0 aromatic rings. The minimum absolute atomic E-state index is 0.0195. The number of esters is 1. The van der Waals surface area contributed by atoms with Gasteiger partial charge in [-0.05, 0) is 58.8 Å². The number of rotatable bonds is 10. The fourth-order valence-corrected chi connectivity index (χ4v) is 2.61. The van der Waals surface area contributed by atoms with Crippen molar-refractivity contribution in [3.8, 4) is 0 Å². The number of ether oxygens (including phenoxy) is 1. The van der Waals surface area contributed by atoms with Crippen molar-refractivity contribution in [3.63, 3.8) is 0 Å². The van der Waals surface area contributed by atoms with E-state index in [4.69, 9.17) is 4.74 Å². The van der Waals surface area contributed by atoms with Gasteiger partial charge in [-0.15, -0.1) is 0 Å². The van der Waals surface area contributed by atoms with Gasteiger partial charge in [-0.1, -0.05) is 13.3 Å². The standard InChI is InChI=1S/C16H30N2O4/c1-3-18(2)11-7-10-17-14(16(20)21)12-15(19)22-13-8-5-4-6-9-13/h13-14,17H,3-12H2,1-2H3,(H,20,21)/t14-/m0/s1. The Hall–Kier alpha value is -1.14. The first-order valence-corrected chi connectivity index (χ1v) is 8.37. The molecule has 6 heteroatoms. The molecule has 0 bridgehead atoms. The first kappa shape index (κ1) is 18.9. The maximum Gasteiger partial charge on any atom is 0.321 e. The van der Waals surface area contributed by atoms with Crippen LogP contribution in [-0.4, -0.2) is 60.8 Å². The van der Waals surface area contributed by atoms with E-state index in [0.29, 0.717) is 6.54 Å². The second kappa shape index (κ2) is 10.6. The molecule has 1 rings (SSSR count). The molecule has 0 heterocycles. The topological polar surface area (TPSA) is 78.9 Å². The van der Waals surface area contributed by atoms with Crippen LogP contribution in [0.15, 0.2) is 0 Å². The van der Waals surface area contributed by atoms with Crippen molar-refractivity contribution in [3.05, 3.63) is 0 Å². The quantitative estimate of drug-likeness (QED) is 0.471. The molecule has 1 atom stereocenters. The van der Waals surface area contributed by atoms with E-state index in [2.05, 4.69) is 17.1 Å². The number of carbonyl (C=O) groups excluding carboxylic acids is 1. The molecule has 0 saturated heterocycles. The molecule has 1 fully saturated rings. The van der Waals surface area contributed by atoms with Crippen molar-refractivity contribution >= 4 is 11.9 Å². The smallest absolute Gasteiger partial charge is 0.321 e. The first-order chi connectivity index (χ1) is 10.5. The molecule has 0 unspecified atom stereocenters. The molecule has 0 spiro atoms. The van der Waals surface area contributed by atoms with Gasteiger partial charge in [-0.25, -0.2) is 0 Å². The maximum absolute atomic E-state index is 11.9. The lowest BCUT2D eigenvalue weighted by Crippen LogP contribution is -2.40. The number of carboxylic acid groups (broad SMARTS) is 1. The minimum Gasteiger partial charge on any atom is -0.480 e. The Labute approximate surface area is 133 Å². The van der Waals surface area contributed by atoms with Crippen LogP contribution in [-0.2, 0) is 14.3 Å². The van der Waals surface area contributed by atoms with Crippen molar-refractivity contribution in [1.82, 2.24) is 10.2 Å². The molecule has 0 amide bonds. The highest BCUT2D eigenvalue weighted by Gasteiger charge is 2.24. The summed E-state index contributed by atoms with van der Waals surface area (Å²) >= 11 is 0. The van der Waals surface area contributed by atoms with Crippen molar-refractivity contribution in [2.24, 2.45) is 0 Å². The third-order valence-corrected chi connectivity index (χ3v) is 4.17. The largest absolute Gasteiger partial charge is 0.480 e. The summed E-state index contributed by atoms with van der Waals surface area (Å²) in [6.45, 7) is 4.53. The maximum atomic E-state index is 11.9. The third-order valence-electron chi connectivity index (χ3n) is 4.17. The van der Waals surface area contributed by atoms with Crippen LogP contribution < -0.4 is 5.32 Å². The normalized spacial score (nSPS) is 17.4. The molecular weight excluding hydrogens is 284 g/mol. The predicted octanol–water partition coefficient (Wildman–Crippen LogP) is 1.64. The number of carboxylic acids is 1. The monoisotopic (exact) mass is 314 g/mol. The second-order valence-corrected chi connectivity index (χ2v) is 6.05. The summed E-state index contributed by atoms with van der Waals surface area (Å²) in [5.74, 6) is -1.40. The fourth-order valence-electron chi connectivity index (χ4n) is 2.61. The molecule has 2 N–H and O–H groups in total. The van der Waals surface area contributed by atoms with Crippen molar-refractivity contribution < 1.29 is 19.4 Å². The molecule has 6 nitrogen and oxygen atoms in total. The van der Waals surface area contributed by atoms with Gasteiger partial charge in [0.15, 0.2) is 0 Å². The molecule has 0 radical (unpaired) electrons. The van der Waals surface area contributed by atoms with Crippen molar-refractivity contribution in [2.75, 3.05) is 26.7 Å². The lowest BCUT2D eigenvalue weighted by molar-refractivity contribution is -0.154. The Kier molecular flexibility index (Phi) is 9.08. The number of nitrogens with zero attached hydrogens (tertiary/aromatic N) is 1. The highest BCUT2D eigenvalue weighted by atomic mass is 16.5. The highest BCUT2D eigenvalue weighted by molar-refractivity contribution is 5.81. The van der Waals surface area contributed by atoms with E-state index in [9.17, 15) is 14.7 Å². The molecule has 1 aliphatic carbocycles. The Morgan fingerprint density at radius 1 is 1.32 bits per heavy atom. The number of aliphatic carboxylic acids is 1. The molecule has 22 heavy (non-hydrogen) atoms. The summed E-state index contributed by atoms with van der Waals surface area (Å²) in [7, 11) is 2.02. The average Bonchev–Trinajstić information content (AvgIpc) is 2.50. The van der Waals surface area contributed by atoms with Gasteiger partial charge in [0.25, 0.3) is 0 Å². The van der Waals surface area contributed by atoms with E-state index in [-0.39, 0.29) is 12.5 Å². The summed E-state index contributed by atoms with van der Waals surface area (Å²) in [5, 5.41) is 12.1. The summed E-state index contributed by atoms with van der Waals surface area (Å²) in [4.78, 5) is 25.3. The van der Waals surface area contributed by atoms with Crippen LogP contribution in [0.1, 0.15) is 51.9 Å². The first-order valence-electron chi connectivity index (χ1n) is 8.37. The molecule has 1 saturated carbocycles. The van der Waals surface area contributed by atoms with E-state index in [1.165, 1.54) is 6.42 Å². The Morgan fingerprint density at radius 3 is 2.59 bits per heavy atom. The van der Waals surface area contributed by atoms with E-state index in [1.54, 1.807) is 0 Å². The van der Waals surface area contributed by atoms with E-state index in [0.717, 1.165) is 45.2 Å². The van der Waals surface area contributed by atoms with Crippen LogP contribution in [0.25, 0.3) is 0 Å². The summed E-state index contributed by atoms with van der Waals surface area (Å²) < 4.78 is 5.38. The van der Waals surface area contributed by atoms with Gasteiger partial charge in [0.05, 0.1) is 6.42 Å². The predicted molar refractivity (Wildman–Crippen MR) is 84.8 cm³/mol. The second-order valence-electron chi connectivity index (χ2n) is 6.05. The number of nitrogens with one attached hydrogen (secondary N) is 1. The highest BCUT2D eigenvalue weighted by Crippen LogP contribution is 2.20. The third kappa shape index (κ3) is 7.75. The van der Waals surface area contributed by atoms with Crippen LogP contribution in [0.2, 0.25) is 0 Å². The van der Waals surface area contributed by atoms with Crippen LogP contribution in [0.4, 0.5) is 0 Å². The van der Waals surface area contributed by atoms with E-state index in [1.807, 2.05) is 7.05 Å². The van der Waals surface area contributed by atoms with Crippen LogP contribution >= 0.6 is 0 Å². The molecule has 1 aliphatic rings. The Morgan fingerprint density at radius 2 is 2.00 bits per heavy atom. The average molecular weight is 314 g/mol. The SMILES string of the molecule is CCN(C)CCCN[C@@H](CC(=O)OC1CCCCC1)C(=O)O. The summed E-state index contributed by atoms with van der Waals surface area (Å²) in [6.07, 6.45) is 5.91. The Balaban J connectivity index is 2.27. The van der Waals surface area contributed by atoms with Gasteiger partial charge in [0, 0.05) is 0 Å². The van der Waals surface area contributed by atoms with E-state index >= 15 is 0 Å². The number of carbonyl (C=O) groups is 2. The van der Waals surface area contributed by atoms with Gasteiger partial charge < -0.3 is 20.1 Å². The zero-order chi connectivity index (χ0) is 16.4. The molecule has 0 aliphatic heterocycles. The zero-order valence-corrected chi connectivity index (χ0v) is 13.8.